The Balaban J connectivity index is 2.53. The van der Waals surface area contributed by atoms with Crippen molar-refractivity contribution in [2.45, 2.75) is 33.2 Å². The van der Waals surface area contributed by atoms with E-state index < -0.39 is 6.36 Å². The van der Waals surface area contributed by atoms with Gasteiger partial charge in [-0.1, -0.05) is 57.2 Å². The molecule has 1 atom stereocenters. The molecule has 0 amide bonds. The number of hydrogen-bond donors (Lipinski definition) is 2. The predicted molar refractivity (Wildman–Crippen MR) is 96.2 cm³/mol. The summed E-state index contributed by atoms with van der Waals surface area (Å²) in [6.45, 7) is 5.95. The zero-order valence-corrected chi connectivity index (χ0v) is 14.8. The molecule has 0 fully saturated rings. The van der Waals surface area contributed by atoms with Gasteiger partial charge in [-0.15, -0.1) is 13.2 Å². The summed E-state index contributed by atoms with van der Waals surface area (Å²) in [6.07, 6.45) is -4.79. The number of anilines is 1. The molecule has 0 aliphatic rings. The molecule has 0 aromatic heterocycles. The summed E-state index contributed by atoms with van der Waals surface area (Å²) in [5, 5.41) is 8.04. The van der Waals surface area contributed by atoms with Crippen LogP contribution in [0.3, 0.4) is 0 Å². The smallest absolute Gasteiger partial charge is 0.406 e. The molecule has 0 aliphatic carbocycles. The molecule has 0 saturated carbocycles. The van der Waals surface area contributed by atoms with Gasteiger partial charge in [0.2, 0.25) is 0 Å². The minimum Gasteiger partial charge on any atom is -0.406 e. The first kappa shape index (κ1) is 19.6. The quantitative estimate of drug-likeness (QED) is 0.587. The molecular formula is C19H22F3N3O. The number of hydrogen-bond acceptors (Lipinski definition) is 2. The van der Waals surface area contributed by atoms with Crippen LogP contribution in [-0.4, -0.2) is 12.3 Å². The fraction of sp³-hybridized carbons (Fsp3) is 0.316. The average Bonchev–Trinajstić information content (AvgIpc) is 2.50. The molecule has 2 rings (SSSR count). The molecule has 2 aromatic rings. The lowest BCUT2D eigenvalue weighted by atomic mass is 9.81. The molecule has 0 heterocycles. The number of halogens is 3. The zero-order valence-electron chi connectivity index (χ0n) is 14.8. The van der Waals surface area contributed by atoms with Crippen molar-refractivity contribution in [1.82, 2.24) is 0 Å². The third-order valence-corrected chi connectivity index (χ3v) is 3.78. The summed E-state index contributed by atoms with van der Waals surface area (Å²) in [6, 6.07) is 14.6. The van der Waals surface area contributed by atoms with Crippen molar-refractivity contribution in [3.05, 3.63) is 60.2 Å². The number of nitrogens with zero attached hydrogens (tertiary/aromatic N) is 1. The second kappa shape index (κ2) is 7.27. The van der Waals surface area contributed by atoms with Crippen LogP contribution >= 0.6 is 0 Å². The highest BCUT2D eigenvalue weighted by atomic mass is 19.4. The van der Waals surface area contributed by atoms with Gasteiger partial charge in [-0.05, 0) is 23.1 Å². The van der Waals surface area contributed by atoms with E-state index in [-0.39, 0.29) is 23.2 Å². The van der Waals surface area contributed by atoms with Gasteiger partial charge in [-0.25, -0.2) is 0 Å². The molecule has 7 heteroatoms. The third kappa shape index (κ3) is 4.91. The Morgan fingerprint density at radius 2 is 1.65 bits per heavy atom. The Kier molecular flexibility index (Phi) is 5.49. The number of nitrogens with one attached hydrogen (secondary N) is 1. The highest BCUT2D eigenvalue weighted by molar-refractivity contribution is 5.93. The first-order valence-electron chi connectivity index (χ1n) is 8.03. The van der Waals surface area contributed by atoms with Gasteiger partial charge in [-0.2, -0.15) is 0 Å². The molecule has 3 N–H and O–H groups in total. The molecule has 1 unspecified atom stereocenters. The van der Waals surface area contributed by atoms with Gasteiger partial charge in [0, 0.05) is 11.8 Å². The molecule has 0 radical (unpaired) electrons. The first-order valence-corrected chi connectivity index (χ1v) is 8.03. The second-order valence-corrected chi connectivity index (χ2v) is 6.98. The maximum Gasteiger partial charge on any atom is 0.573 e. The van der Waals surface area contributed by atoms with E-state index >= 15 is 0 Å². The SMILES string of the molecule is CC(C)(C)C(c1ccccc1)N(C(=N)N)c1cccc(OC(F)(F)F)c1. The van der Waals surface area contributed by atoms with E-state index in [0.29, 0.717) is 5.69 Å². The molecule has 0 aliphatic heterocycles. The Hall–Kier alpha value is -2.70. The highest BCUT2D eigenvalue weighted by Gasteiger charge is 2.35. The molecule has 0 spiro atoms. The van der Waals surface area contributed by atoms with Crippen LogP contribution in [-0.2, 0) is 0 Å². The number of benzene rings is 2. The van der Waals surface area contributed by atoms with Gasteiger partial charge in [0.1, 0.15) is 5.75 Å². The topological polar surface area (TPSA) is 62.3 Å². The lowest BCUT2D eigenvalue weighted by Gasteiger charge is -2.41. The molecular weight excluding hydrogens is 343 g/mol. The van der Waals surface area contributed by atoms with Crippen LogP contribution in [0.1, 0.15) is 32.4 Å². The molecule has 26 heavy (non-hydrogen) atoms. The average molecular weight is 365 g/mol. The number of guanidine groups is 1. The summed E-state index contributed by atoms with van der Waals surface area (Å²) in [5.41, 5.74) is 6.72. The lowest BCUT2D eigenvalue weighted by molar-refractivity contribution is -0.274. The summed E-state index contributed by atoms with van der Waals surface area (Å²) in [7, 11) is 0. The standard InChI is InChI=1S/C19H22F3N3O/c1-18(2,3)16(13-8-5-4-6-9-13)25(17(23)24)14-10-7-11-15(12-14)26-19(20,21)22/h4-12,16H,1-3H3,(H3,23,24). The van der Waals surface area contributed by atoms with E-state index in [4.69, 9.17) is 11.1 Å². The largest absolute Gasteiger partial charge is 0.573 e. The highest BCUT2D eigenvalue weighted by Crippen LogP contribution is 2.41. The monoisotopic (exact) mass is 365 g/mol. The predicted octanol–water partition coefficient (Wildman–Crippen LogP) is 5.07. The van der Waals surface area contributed by atoms with Crippen molar-refractivity contribution >= 4 is 11.6 Å². The Bertz CT molecular complexity index is 755. The normalized spacial score (nSPS) is 13.2. The van der Waals surface area contributed by atoms with E-state index in [0.717, 1.165) is 5.56 Å². The minimum absolute atomic E-state index is 0.266. The minimum atomic E-state index is -4.79. The van der Waals surface area contributed by atoms with E-state index in [9.17, 15) is 13.2 Å². The lowest BCUT2D eigenvalue weighted by Crippen LogP contribution is -2.44. The van der Waals surface area contributed by atoms with Crippen LogP contribution in [0.15, 0.2) is 54.6 Å². The molecule has 0 saturated heterocycles. The third-order valence-electron chi connectivity index (χ3n) is 3.78. The first-order chi connectivity index (χ1) is 12.0. The van der Waals surface area contributed by atoms with Crippen LogP contribution < -0.4 is 15.4 Å². The van der Waals surface area contributed by atoms with Gasteiger partial charge in [0.15, 0.2) is 5.96 Å². The summed E-state index contributed by atoms with van der Waals surface area (Å²) >= 11 is 0. The maximum atomic E-state index is 12.5. The van der Waals surface area contributed by atoms with Crippen molar-refractivity contribution in [2.24, 2.45) is 11.1 Å². The number of ether oxygens (including phenoxy) is 1. The van der Waals surface area contributed by atoms with Crippen LogP contribution in [0.25, 0.3) is 0 Å². The molecule has 140 valence electrons. The fourth-order valence-corrected chi connectivity index (χ4v) is 2.93. The van der Waals surface area contributed by atoms with E-state index in [1.165, 1.54) is 23.1 Å². The van der Waals surface area contributed by atoms with Crippen LogP contribution in [0, 0.1) is 10.8 Å². The van der Waals surface area contributed by atoms with E-state index in [2.05, 4.69) is 4.74 Å². The summed E-state index contributed by atoms with van der Waals surface area (Å²) < 4.78 is 41.6. The fourth-order valence-electron chi connectivity index (χ4n) is 2.93. The Morgan fingerprint density at radius 1 is 1.04 bits per heavy atom. The second-order valence-electron chi connectivity index (χ2n) is 6.98. The molecule has 2 aromatic carbocycles. The van der Waals surface area contributed by atoms with Gasteiger partial charge >= 0.3 is 6.36 Å². The number of nitrogens with two attached hydrogens (primary N) is 1. The van der Waals surface area contributed by atoms with E-state index in [1.807, 2.05) is 51.1 Å². The zero-order chi connectivity index (χ0) is 19.5. The van der Waals surface area contributed by atoms with Gasteiger partial charge in [0.05, 0.1) is 6.04 Å². The van der Waals surface area contributed by atoms with Gasteiger partial charge in [-0.3, -0.25) is 5.41 Å². The van der Waals surface area contributed by atoms with Crippen molar-refractivity contribution in [3.63, 3.8) is 0 Å². The number of rotatable bonds is 4. The van der Waals surface area contributed by atoms with Crippen molar-refractivity contribution in [2.75, 3.05) is 4.90 Å². The van der Waals surface area contributed by atoms with Crippen LogP contribution in [0.5, 0.6) is 5.75 Å². The van der Waals surface area contributed by atoms with Crippen molar-refractivity contribution in [3.8, 4) is 5.75 Å². The van der Waals surface area contributed by atoms with Crippen molar-refractivity contribution in [1.29, 1.82) is 5.41 Å². The summed E-state index contributed by atoms with van der Waals surface area (Å²) in [5.74, 6) is -0.625. The summed E-state index contributed by atoms with van der Waals surface area (Å²) in [4.78, 5) is 1.51. The molecule has 0 bridgehead atoms. The van der Waals surface area contributed by atoms with Crippen LogP contribution in [0.4, 0.5) is 18.9 Å². The van der Waals surface area contributed by atoms with Crippen LogP contribution in [0.2, 0.25) is 0 Å². The van der Waals surface area contributed by atoms with Gasteiger partial charge in [0.25, 0.3) is 0 Å². The maximum absolute atomic E-state index is 12.5. The van der Waals surface area contributed by atoms with Crippen molar-refractivity contribution < 1.29 is 17.9 Å². The van der Waals surface area contributed by atoms with E-state index in [1.54, 1.807) is 6.07 Å². The Labute approximate surface area is 150 Å². The number of alkyl halides is 3. The molecule has 4 nitrogen and oxygen atoms in total. The van der Waals surface area contributed by atoms with Gasteiger partial charge < -0.3 is 15.4 Å². The Morgan fingerprint density at radius 3 is 2.15 bits per heavy atom.